The SMILES string of the molecule is N#Cc1cn(-c2ccc(Br)c([N+](=O)[O-])c2)c(=O)[nH]c1=O. The van der Waals surface area contributed by atoms with Crippen molar-refractivity contribution >= 4 is 21.6 Å². The van der Waals surface area contributed by atoms with E-state index in [-0.39, 0.29) is 21.4 Å². The number of aromatic nitrogens is 2. The van der Waals surface area contributed by atoms with E-state index in [0.717, 1.165) is 16.8 Å². The van der Waals surface area contributed by atoms with Gasteiger partial charge >= 0.3 is 5.69 Å². The summed E-state index contributed by atoms with van der Waals surface area (Å²) >= 11 is 3.02. The normalized spacial score (nSPS) is 10.0. The topological polar surface area (TPSA) is 122 Å². The number of hydrogen-bond donors (Lipinski definition) is 1. The van der Waals surface area contributed by atoms with E-state index in [4.69, 9.17) is 5.26 Å². The first-order valence-electron chi connectivity index (χ1n) is 5.14. The van der Waals surface area contributed by atoms with Crippen molar-refractivity contribution in [3.05, 3.63) is 65.4 Å². The van der Waals surface area contributed by atoms with E-state index in [9.17, 15) is 19.7 Å². The Bertz CT molecular complexity index is 862. The Morgan fingerprint density at radius 3 is 2.70 bits per heavy atom. The third-order valence-electron chi connectivity index (χ3n) is 2.47. The molecule has 20 heavy (non-hydrogen) atoms. The molecule has 2 rings (SSSR count). The maximum atomic E-state index is 11.7. The molecule has 0 atom stereocenters. The van der Waals surface area contributed by atoms with Gasteiger partial charge in [-0.2, -0.15) is 5.26 Å². The summed E-state index contributed by atoms with van der Waals surface area (Å²) in [7, 11) is 0. The third kappa shape index (κ3) is 2.36. The lowest BCUT2D eigenvalue weighted by molar-refractivity contribution is -0.385. The minimum absolute atomic E-state index is 0.164. The van der Waals surface area contributed by atoms with Crippen LogP contribution in [0.4, 0.5) is 5.69 Å². The Balaban J connectivity index is 2.73. The van der Waals surface area contributed by atoms with Crippen LogP contribution in [0.25, 0.3) is 5.69 Å². The van der Waals surface area contributed by atoms with Crippen LogP contribution in [-0.2, 0) is 0 Å². The number of nitro groups is 1. The maximum absolute atomic E-state index is 11.7. The van der Waals surface area contributed by atoms with Gasteiger partial charge in [-0.3, -0.25) is 24.5 Å². The Morgan fingerprint density at radius 1 is 1.40 bits per heavy atom. The van der Waals surface area contributed by atoms with Crippen LogP contribution in [0.3, 0.4) is 0 Å². The number of nitro benzene ring substituents is 1. The maximum Gasteiger partial charge on any atom is 0.332 e. The van der Waals surface area contributed by atoms with Crippen molar-refractivity contribution in [2.45, 2.75) is 0 Å². The molecule has 0 fully saturated rings. The van der Waals surface area contributed by atoms with Gasteiger partial charge in [0.05, 0.1) is 15.1 Å². The highest BCUT2D eigenvalue weighted by molar-refractivity contribution is 9.10. The average molecular weight is 337 g/mol. The zero-order valence-electron chi connectivity index (χ0n) is 9.66. The molecule has 0 aliphatic carbocycles. The summed E-state index contributed by atoms with van der Waals surface area (Å²) < 4.78 is 1.21. The fraction of sp³-hybridized carbons (Fsp3) is 0. The van der Waals surface area contributed by atoms with Gasteiger partial charge in [-0.25, -0.2) is 4.79 Å². The highest BCUT2D eigenvalue weighted by Crippen LogP contribution is 2.26. The van der Waals surface area contributed by atoms with E-state index in [1.54, 1.807) is 6.07 Å². The van der Waals surface area contributed by atoms with Crippen molar-refractivity contribution in [2.24, 2.45) is 0 Å². The molecule has 1 aromatic heterocycles. The molecule has 1 aromatic carbocycles. The molecule has 0 radical (unpaired) electrons. The number of halogens is 1. The number of hydrogen-bond acceptors (Lipinski definition) is 5. The second-order valence-corrected chi connectivity index (χ2v) is 4.53. The Morgan fingerprint density at radius 2 is 2.10 bits per heavy atom. The smallest absolute Gasteiger partial charge is 0.273 e. The van der Waals surface area contributed by atoms with Crippen molar-refractivity contribution in [1.82, 2.24) is 9.55 Å². The molecule has 100 valence electrons. The number of nitriles is 1. The fourth-order valence-electron chi connectivity index (χ4n) is 1.53. The predicted molar refractivity (Wildman–Crippen MR) is 71.7 cm³/mol. The molecular weight excluding hydrogens is 332 g/mol. The average Bonchev–Trinajstić information content (AvgIpc) is 2.39. The van der Waals surface area contributed by atoms with E-state index >= 15 is 0 Å². The first kappa shape index (κ1) is 13.7. The van der Waals surface area contributed by atoms with Gasteiger partial charge in [0.1, 0.15) is 11.6 Å². The van der Waals surface area contributed by atoms with Gasteiger partial charge in [0, 0.05) is 12.3 Å². The lowest BCUT2D eigenvalue weighted by atomic mass is 10.2. The van der Waals surface area contributed by atoms with Gasteiger partial charge in [0.2, 0.25) is 0 Å². The van der Waals surface area contributed by atoms with Crippen molar-refractivity contribution < 1.29 is 4.92 Å². The van der Waals surface area contributed by atoms with Gasteiger partial charge in [0.25, 0.3) is 11.2 Å². The van der Waals surface area contributed by atoms with Gasteiger partial charge < -0.3 is 0 Å². The standard InChI is InChI=1S/C11H5BrN4O4/c12-8-2-1-7(3-9(8)16(19)20)15-5-6(4-13)10(17)14-11(15)18/h1-3,5H,(H,14,17,18). The molecule has 0 unspecified atom stereocenters. The Labute approximate surface area is 119 Å². The predicted octanol–water partition coefficient (Wildman–Crippen LogP) is 1.07. The molecule has 0 amide bonds. The summed E-state index contributed by atoms with van der Waals surface area (Å²) in [5.41, 5.74) is -1.93. The summed E-state index contributed by atoms with van der Waals surface area (Å²) in [5.74, 6) is 0. The summed E-state index contributed by atoms with van der Waals surface area (Å²) in [5, 5.41) is 19.6. The summed E-state index contributed by atoms with van der Waals surface area (Å²) in [6.45, 7) is 0. The second kappa shape index (κ2) is 5.10. The van der Waals surface area contributed by atoms with E-state index in [1.165, 1.54) is 12.1 Å². The van der Waals surface area contributed by atoms with Crippen LogP contribution in [0.5, 0.6) is 0 Å². The van der Waals surface area contributed by atoms with Gasteiger partial charge in [-0.15, -0.1) is 0 Å². The van der Waals surface area contributed by atoms with Crippen molar-refractivity contribution in [3.8, 4) is 11.8 Å². The minimum atomic E-state index is -0.805. The van der Waals surface area contributed by atoms with E-state index in [2.05, 4.69) is 15.9 Å². The lowest BCUT2D eigenvalue weighted by Crippen LogP contribution is -2.30. The van der Waals surface area contributed by atoms with Crippen LogP contribution >= 0.6 is 15.9 Å². The number of nitrogens with zero attached hydrogens (tertiary/aromatic N) is 3. The number of benzene rings is 1. The third-order valence-corrected chi connectivity index (χ3v) is 3.14. The highest BCUT2D eigenvalue weighted by atomic mass is 79.9. The highest BCUT2D eigenvalue weighted by Gasteiger charge is 2.14. The summed E-state index contributed by atoms with van der Waals surface area (Å²) in [4.78, 5) is 35.2. The molecule has 2 aromatic rings. The molecule has 0 saturated carbocycles. The number of H-pyrrole nitrogens is 1. The lowest BCUT2D eigenvalue weighted by Gasteiger charge is -2.05. The van der Waals surface area contributed by atoms with Crippen LogP contribution in [0.1, 0.15) is 5.56 Å². The van der Waals surface area contributed by atoms with E-state index < -0.39 is 16.2 Å². The van der Waals surface area contributed by atoms with Gasteiger partial charge in [-0.05, 0) is 28.1 Å². The van der Waals surface area contributed by atoms with Crippen molar-refractivity contribution in [2.75, 3.05) is 0 Å². The van der Waals surface area contributed by atoms with Crippen LogP contribution in [0.2, 0.25) is 0 Å². The number of aromatic amines is 1. The molecule has 0 aliphatic heterocycles. The van der Waals surface area contributed by atoms with E-state index in [1.807, 2.05) is 4.98 Å². The quantitative estimate of drug-likeness (QED) is 0.649. The Kier molecular flexibility index (Phi) is 3.49. The van der Waals surface area contributed by atoms with Gasteiger partial charge in [-0.1, -0.05) is 0 Å². The summed E-state index contributed by atoms with van der Waals surface area (Å²) in [6.07, 6.45) is 1.04. The van der Waals surface area contributed by atoms with E-state index in [0.29, 0.717) is 0 Å². The monoisotopic (exact) mass is 336 g/mol. The molecule has 8 nitrogen and oxygen atoms in total. The summed E-state index contributed by atoms with van der Waals surface area (Å²) in [6, 6.07) is 5.63. The molecule has 9 heteroatoms. The molecule has 0 saturated heterocycles. The fourth-order valence-corrected chi connectivity index (χ4v) is 1.92. The number of nitrogens with one attached hydrogen (secondary N) is 1. The van der Waals surface area contributed by atoms with Crippen molar-refractivity contribution in [1.29, 1.82) is 5.26 Å². The number of rotatable bonds is 2. The zero-order valence-corrected chi connectivity index (χ0v) is 11.2. The van der Waals surface area contributed by atoms with Crippen molar-refractivity contribution in [3.63, 3.8) is 0 Å². The Hall–Kier alpha value is -2.73. The first-order chi connectivity index (χ1) is 9.43. The zero-order chi connectivity index (χ0) is 14.9. The molecule has 1 N–H and O–H groups in total. The van der Waals surface area contributed by atoms with Crippen LogP contribution in [0, 0.1) is 21.4 Å². The largest absolute Gasteiger partial charge is 0.332 e. The van der Waals surface area contributed by atoms with Crippen LogP contribution in [-0.4, -0.2) is 14.5 Å². The molecule has 0 aliphatic rings. The second-order valence-electron chi connectivity index (χ2n) is 3.68. The van der Waals surface area contributed by atoms with Crippen LogP contribution in [0.15, 0.2) is 38.5 Å². The molecular formula is C11H5BrN4O4. The molecule has 1 heterocycles. The van der Waals surface area contributed by atoms with Gasteiger partial charge in [0.15, 0.2) is 0 Å². The minimum Gasteiger partial charge on any atom is -0.273 e. The van der Waals surface area contributed by atoms with Crippen LogP contribution < -0.4 is 11.2 Å². The molecule has 0 bridgehead atoms. The first-order valence-corrected chi connectivity index (χ1v) is 5.93. The molecule has 0 spiro atoms.